The minimum atomic E-state index is -0.555. The van der Waals surface area contributed by atoms with Crippen molar-refractivity contribution in [2.45, 2.75) is 19.3 Å². The highest BCUT2D eigenvalue weighted by Gasteiger charge is 2.23. The molecule has 2 aromatic heterocycles. The van der Waals surface area contributed by atoms with E-state index in [9.17, 15) is 8.78 Å². The van der Waals surface area contributed by atoms with Crippen LogP contribution in [0, 0.1) is 11.6 Å². The number of nitrogens with zero attached hydrogens (tertiary/aromatic N) is 2. The smallest absolute Gasteiger partial charge is 0.217 e. The Kier molecular flexibility index (Phi) is 4.61. The fourth-order valence-corrected chi connectivity index (χ4v) is 3.50. The molecule has 0 amide bonds. The third-order valence-electron chi connectivity index (χ3n) is 4.91. The molecule has 0 saturated carbocycles. The van der Waals surface area contributed by atoms with Crippen molar-refractivity contribution in [2.75, 3.05) is 13.2 Å². The predicted molar refractivity (Wildman–Crippen MR) is 102 cm³/mol. The molecule has 1 aliphatic rings. The van der Waals surface area contributed by atoms with Crippen molar-refractivity contribution in [3.05, 3.63) is 77.6 Å². The molecular weight excluding hydrogens is 378 g/mol. The number of halogens is 2. The van der Waals surface area contributed by atoms with Crippen LogP contribution in [-0.4, -0.2) is 23.0 Å². The zero-order valence-electron chi connectivity index (χ0n) is 15.5. The largest absolute Gasteiger partial charge is 0.454 e. The lowest BCUT2D eigenvalue weighted by Crippen LogP contribution is -2.17. The Morgan fingerprint density at radius 1 is 1.00 bits per heavy atom. The van der Waals surface area contributed by atoms with Crippen molar-refractivity contribution >= 4 is 10.9 Å². The Hall–Kier alpha value is -3.03. The average molecular weight is 396 g/mol. The van der Waals surface area contributed by atoms with Crippen LogP contribution in [-0.2, 0) is 16.0 Å². The van der Waals surface area contributed by atoms with Crippen LogP contribution < -0.4 is 0 Å². The molecule has 0 bridgehead atoms. The Bertz CT molecular complexity index is 1160. The monoisotopic (exact) mass is 396 g/mol. The lowest BCUT2D eigenvalue weighted by atomic mass is 10.1. The van der Waals surface area contributed by atoms with Crippen molar-refractivity contribution in [2.24, 2.45) is 0 Å². The number of furan rings is 1. The number of benzene rings is 2. The number of ether oxygens (including phenoxy) is 2. The first-order valence-corrected chi connectivity index (χ1v) is 9.42. The van der Waals surface area contributed by atoms with E-state index >= 15 is 0 Å². The topological polar surface area (TPSA) is 49.4 Å². The van der Waals surface area contributed by atoms with Gasteiger partial charge in [-0.3, -0.25) is 4.68 Å². The second kappa shape index (κ2) is 7.42. The summed E-state index contributed by atoms with van der Waals surface area (Å²) < 4.78 is 46.8. The highest BCUT2D eigenvalue weighted by atomic mass is 19.1. The molecule has 0 spiro atoms. The lowest BCUT2D eigenvalue weighted by Gasteiger charge is -2.21. The van der Waals surface area contributed by atoms with Crippen LogP contribution in [0.25, 0.3) is 22.4 Å². The van der Waals surface area contributed by atoms with Gasteiger partial charge < -0.3 is 13.9 Å². The number of hydrogen-bond donors (Lipinski definition) is 0. The zero-order chi connectivity index (χ0) is 19.8. The van der Waals surface area contributed by atoms with E-state index in [1.807, 2.05) is 0 Å². The maximum atomic E-state index is 14.1. The van der Waals surface area contributed by atoms with E-state index < -0.39 is 6.29 Å². The van der Waals surface area contributed by atoms with Gasteiger partial charge in [0.15, 0.2) is 11.5 Å². The van der Waals surface area contributed by atoms with E-state index in [0.717, 1.165) is 6.42 Å². The minimum Gasteiger partial charge on any atom is -0.454 e. The molecule has 1 saturated heterocycles. The summed E-state index contributed by atoms with van der Waals surface area (Å²) in [5.74, 6) is 0.315. The molecule has 2 aromatic carbocycles. The van der Waals surface area contributed by atoms with Crippen molar-refractivity contribution in [3.8, 4) is 11.5 Å². The Morgan fingerprint density at radius 2 is 1.83 bits per heavy atom. The summed E-state index contributed by atoms with van der Waals surface area (Å²) in [4.78, 5) is 0. The summed E-state index contributed by atoms with van der Waals surface area (Å²) in [5, 5.41) is 5.19. The summed E-state index contributed by atoms with van der Waals surface area (Å²) in [7, 11) is 0. The highest BCUT2D eigenvalue weighted by molar-refractivity contribution is 5.92. The number of hydrogen-bond acceptors (Lipinski definition) is 4. The SMILES string of the molecule is Fc1ccc2c(c1)c(-c1ccc(C3OCCCO3)o1)nn2Cc1ccccc1F. The lowest BCUT2D eigenvalue weighted by molar-refractivity contribution is -0.191. The van der Waals surface area contributed by atoms with Crippen LogP contribution in [0.4, 0.5) is 8.78 Å². The molecule has 4 aromatic rings. The summed E-state index contributed by atoms with van der Waals surface area (Å²) in [6, 6.07) is 14.5. The van der Waals surface area contributed by atoms with Gasteiger partial charge >= 0.3 is 0 Å². The molecule has 0 atom stereocenters. The van der Waals surface area contributed by atoms with Crippen LogP contribution in [0.1, 0.15) is 24.0 Å². The van der Waals surface area contributed by atoms with E-state index in [1.165, 1.54) is 18.2 Å². The van der Waals surface area contributed by atoms with Crippen molar-refractivity contribution in [1.29, 1.82) is 0 Å². The molecule has 5 rings (SSSR count). The first-order valence-electron chi connectivity index (χ1n) is 9.42. The number of aromatic nitrogens is 2. The van der Waals surface area contributed by atoms with Crippen molar-refractivity contribution in [1.82, 2.24) is 9.78 Å². The molecule has 29 heavy (non-hydrogen) atoms. The Labute approximate surface area is 165 Å². The van der Waals surface area contributed by atoms with Gasteiger partial charge in [-0.2, -0.15) is 5.10 Å². The normalized spacial score (nSPS) is 15.2. The molecule has 0 radical (unpaired) electrons. The quantitative estimate of drug-likeness (QED) is 0.484. The molecule has 3 heterocycles. The standard InChI is InChI=1S/C22H18F2N2O3/c23-15-6-7-18-16(12-15)21(25-26(18)13-14-4-1-2-5-17(14)24)19-8-9-20(29-19)22-27-10-3-11-28-22/h1-2,4-9,12,22H,3,10-11,13H2. The summed E-state index contributed by atoms with van der Waals surface area (Å²) >= 11 is 0. The van der Waals surface area contributed by atoms with Gasteiger partial charge in [0, 0.05) is 10.9 Å². The van der Waals surface area contributed by atoms with Gasteiger partial charge in [-0.1, -0.05) is 18.2 Å². The Morgan fingerprint density at radius 3 is 2.66 bits per heavy atom. The van der Waals surface area contributed by atoms with Gasteiger partial charge in [-0.25, -0.2) is 8.78 Å². The van der Waals surface area contributed by atoms with Crippen LogP contribution >= 0.6 is 0 Å². The van der Waals surface area contributed by atoms with Gasteiger partial charge in [0.2, 0.25) is 6.29 Å². The van der Waals surface area contributed by atoms with Crippen LogP contribution in [0.5, 0.6) is 0 Å². The molecule has 0 N–H and O–H groups in total. The number of fused-ring (bicyclic) bond motifs is 1. The summed E-state index contributed by atoms with van der Waals surface area (Å²) in [6.07, 6.45) is 0.287. The molecule has 7 heteroatoms. The van der Waals surface area contributed by atoms with Gasteiger partial charge in [-0.05, 0) is 42.8 Å². The average Bonchev–Trinajstić information content (AvgIpc) is 3.35. The van der Waals surface area contributed by atoms with Gasteiger partial charge in [0.05, 0.1) is 25.3 Å². The minimum absolute atomic E-state index is 0.219. The molecule has 1 aliphatic heterocycles. The summed E-state index contributed by atoms with van der Waals surface area (Å²) in [5.41, 5.74) is 1.67. The van der Waals surface area contributed by atoms with E-state index in [4.69, 9.17) is 13.9 Å². The highest BCUT2D eigenvalue weighted by Crippen LogP contribution is 2.33. The first kappa shape index (κ1) is 18.0. The fourth-order valence-electron chi connectivity index (χ4n) is 3.50. The van der Waals surface area contributed by atoms with Crippen LogP contribution in [0.15, 0.2) is 59.0 Å². The maximum Gasteiger partial charge on any atom is 0.217 e. The van der Waals surface area contributed by atoms with Crippen molar-refractivity contribution < 1.29 is 22.7 Å². The third-order valence-corrected chi connectivity index (χ3v) is 4.91. The molecule has 0 unspecified atom stereocenters. The molecule has 0 aliphatic carbocycles. The third kappa shape index (κ3) is 3.43. The first-order chi connectivity index (χ1) is 14.2. The second-order valence-corrected chi connectivity index (χ2v) is 6.89. The molecular formula is C22H18F2N2O3. The van der Waals surface area contributed by atoms with Gasteiger partial charge in [0.25, 0.3) is 0 Å². The van der Waals surface area contributed by atoms with E-state index in [1.54, 1.807) is 41.1 Å². The van der Waals surface area contributed by atoms with E-state index in [-0.39, 0.29) is 18.2 Å². The summed E-state index contributed by atoms with van der Waals surface area (Å²) in [6.45, 7) is 1.43. The molecule has 1 fully saturated rings. The van der Waals surface area contributed by atoms with E-state index in [0.29, 0.717) is 46.9 Å². The predicted octanol–water partition coefficient (Wildman–Crippen LogP) is 5.06. The zero-order valence-corrected chi connectivity index (χ0v) is 15.5. The molecule has 148 valence electrons. The van der Waals surface area contributed by atoms with Crippen molar-refractivity contribution in [3.63, 3.8) is 0 Å². The Balaban J connectivity index is 1.56. The number of rotatable bonds is 4. The van der Waals surface area contributed by atoms with Gasteiger partial charge in [0.1, 0.15) is 17.3 Å². The maximum absolute atomic E-state index is 14.1. The second-order valence-electron chi connectivity index (χ2n) is 6.89. The molecule has 5 nitrogen and oxygen atoms in total. The van der Waals surface area contributed by atoms with E-state index in [2.05, 4.69) is 5.10 Å². The van der Waals surface area contributed by atoms with Crippen LogP contribution in [0.3, 0.4) is 0 Å². The van der Waals surface area contributed by atoms with Crippen LogP contribution in [0.2, 0.25) is 0 Å². The fraction of sp³-hybridized carbons (Fsp3) is 0.227. The van der Waals surface area contributed by atoms with Gasteiger partial charge in [-0.15, -0.1) is 0 Å².